The van der Waals surface area contributed by atoms with Crippen molar-refractivity contribution in [1.29, 1.82) is 0 Å². The number of H-pyrrole nitrogens is 1. The monoisotopic (exact) mass is 316 g/mol. The predicted molar refractivity (Wildman–Crippen MR) is 82.8 cm³/mol. The number of nitrogens with two attached hydrogens (primary N) is 1. The molecule has 23 heavy (non-hydrogen) atoms. The van der Waals surface area contributed by atoms with E-state index in [1.165, 1.54) is 12.4 Å². The second kappa shape index (κ2) is 6.17. The fraction of sp³-hybridized carbons (Fsp3) is 0.267. The van der Waals surface area contributed by atoms with Crippen LogP contribution in [-0.2, 0) is 24.8 Å². The molecule has 0 aliphatic rings. The van der Waals surface area contributed by atoms with Gasteiger partial charge in [0, 0.05) is 38.0 Å². The average Bonchev–Trinajstić information content (AvgIpc) is 3.15. The summed E-state index contributed by atoms with van der Waals surface area (Å²) in [4.78, 5) is 23.2. The molecule has 3 rings (SSSR count). The molecule has 0 fully saturated rings. The van der Waals surface area contributed by atoms with Crippen molar-refractivity contribution in [2.45, 2.75) is 19.0 Å². The van der Waals surface area contributed by atoms with Crippen molar-refractivity contribution in [3.63, 3.8) is 0 Å². The number of carbonyl (C=O) groups excluding carboxylic acids is 1. The van der Waals surface area contributed by atoms with Crippen molar-refractivity contribution in [1.82, 2.24) is 24.8 Å². The predicted octanol–water partition coefficient (Wildman–Crippen LogP) is 0.622. The van der Waals surface area contributed by atoms with E-state index in [1.807, 2.05) is 7.05 Å². The maximum absolute atomic E-state index is 14.0. The van der Waals surface area contributed by atoms with Crippen molar-refractivity contribution in [2.24, 2.45) is 12.8 Å². The number of hydrogen-bond acceptors (Lipinski definition) is 4. The van der Waals surface area contributed by atoms with E-state index in [4.69, 9.17) is 5.73 Å². The number of aryl methyl sites for hydroxylation is 1. The van der Waals surface area contributed by atoms with E-state index < -0.39 is 11.9 Å². The van der Waals surface area contributed by atoms with Gasteiger partial charge in [0.1, 0.15) is 11.6 Å². The first-order chi connectivity index (χ1) is 11.1. The first-order valence-corrected chi connectivity index (χ1v) is 7.16. The lowest BCUT2D eigenvalue weighted by Crippen LogP contribution is -2.42. The molecule has 120 valence electrons. The maximum atomic E-state index is 14.0. The van der Waals surface area contributed by atoms with Gasteiger partial charge in [0.05, 0.1) is 23.4 Å². The van der Waals surface area contributed by atoms with E-state index in [2.05, 4.69) is 20.3 Å². The van der Waals surface area contributed by atoms with Crippen LogP contribution in [0.15, 0.2) is 30.9 Å². The van der Waals surface area contributed by atoms with Crippen molar-refractivity contribution >= 4 is 16.9 Å². The zero-order valence-corrected chi connectivity index (χ0v) is 12.6. The molecule has 7 nitrogen and oxygen atoms in total. The number of rotatable bonds is 5. The van der Waals surface area contributed by atoms with Crippen LogP contribution in [0, 0.1) is 5.82 Å². The highest BCUT2D eigenvalue weighted by molar-refractivity contribution is 5.83. The number of aromatic nitrogens is 4. The zero-order valence-electron chi connectivity index (χ0n) is 12.6. The van der Waals surface area contributed by atoms with Gasteiger partial charge < -0.3 is 20.6 Å². The highest BCUT2D eigenvalue weighted by atomic mass is 19.1. The number of hydrogen-bond donors (Lipinski definition) is 3. The summed E-state index contributed by atoms with van der Waals surface area (Å²) in [6.07, 6.45) is 5.23. The number of carbonyl (C=O) groups is 1. The summed E-state index contributed by atoms with van der Waals surface area (Å²) in [5, 5.41) is 2.66. The van der Waals surface area contributed by atoms with E-state index in [0.29, 0.717) is 28.8 Å². The number of imidazole rings is 2. The summed E-state index contributed by atoms with van der Waals surface area (Å²) < 4.78 is 15.8. The molecule has 3 aromatic rings. The van der Waals surface area contributed by atoms with E-state index >= 15 is 0 Å². The first-order valence-electron chi connectivity index (χ1n) is 7.16. The molecule has 0 saturated carbocycles. The summed E-state index contributed by atoms with van der Waals surface area (Å²) in [5.41, 5.74) is 7.44. The molecule has 0 aliphatic heterocycles. The van der Waals surface area contributed by atoms with Crippen LogP contribution < -0.4 is 11.1 Å². The Morgan fingerprint density at radius 2 is 2.30 bits per heavy atom. The van der Waals surface area contributed by atoms with E-state index in [1.54, 1.807) is 23.0 Å². The van der Waals surface area contributed by atoms with Crippen LogP contribution in [0.25, 0.3) is 11.0 Å². The molecule has 0 spiro atoms. The van der Waals surface area contributed by atoms with Gasteiger partial charge in [0.25, 0.3) is 0 Å². The van der Waals surface area contributed by atoms with Crippen molar-refractivity contribution < 1.29 is 9.18 Å². The highest BCUT2D eigenvalue weighted by Gasteiger charge is 2.17. The minimum absolute atomic E-state index is 0.0289. The van der Waals surface area contributed by atoms with Gasteiger partial charge in [-0.15, -0.1) is 0 Å². The van der Waals surface area contributed by atoms with Crippen LogP contribution in [0.5, 0.6) is 0 Å². The molecular weight excluding hydrogens is 299 g/mol. The molecule has 1 aromatic carbocycles. The van der Waals surface area contributed by atoms with Crippen LogP contribution >= 0.6 is 0 Å². The Morgan fingerprint density at radius 3 is 3.04 bits per heavy atom. The number of aromatic amines is 1. The highest BCUT2D eigenvalue weighted by Crippen LogP contribution is 2.18. The van der Waals surface area contributed by atoms with Crippen LogP contribution in [0.1, 0.15) is 11.4 Å². The van der Waals surface area contributed by atoms with Crippen LogP contribution in [0.2, 0.25) is 0 Å². The second-order valence-electron chi connectivity index (χ2n) is 5.31. The minimum atomic E-state index is -0.752. The number of nitrogens with zero attached hydrogens (tertiary/aromatic N) is 3. The van der Waals surface area contributed by atoms with E-state index in [-0.39, 0.29) is 12.5 Å². The molecular formula is C15H17FN6O. The Bertz CT molecular complexity index is 839. The Hall–Kier alpha value is -2.74. The number of amides is 1. The molecule has 4 N–H and O–H groups in total. The molecule has 1 amide bonds. The molecule has 2 heterocycles. The van der Waals surface area contributed by atoms with Gasteiger partial charge in [0.2, 0.25) is 5.91 Å². The van der Waals surface area contributed by atoms with Gasteiger partial charge in [0.15, 0.2) is 0 Å². The number of halogens is 1. The Morgan fingerprint density at radius 1 is 1.48 bits per heavy atom. The lowest BCUT2D eigenvalue weighted by atomic mass is 10.1. The van der Waals surface area contributed by atoms with Gasteiger partial charge in [-0.3, -0.25) is 4.79 Å². The van der Waals surface area contributed by atoms with Gasteiger partial charge in [-0.05, 0) is 12.1 Å². The van der Waals surface area contributed by atoms with Crippen molar-refractivity contribution in [3.8, 4) is 0 Å². The smallest absolute Gasteiger partial charge is 0.237 e. The van der Waals surface area contributed by atoms with E-state index in [0.717, 1.165) is 0 Å². The summed E-state index contributed by atoms with van der Waals surface area (Å²) >= 11 is 0. The summed E-state index contributed by atoms with van der Waals surface area (Å²) in [5.74, 6) is -0.0595. The number of benzene rings is 1. The molecule has 0 aliphatic carbocycles. The van der Waals surface area contributed by atoms with Crippen LogP contribution in [-0.4, -0.2) is 31.5 Å². The normalized spacial score (nSPS) is 12.5. The molecule has 0 radical (unpaired) electrons. The summed E-state index contributed by atoms with van der Waals surface area (Å²) in [6.45, 7) is 0.0289. The van der Waals surface area contributed by atoms with Crippen LogP contribution in [0.4, 0.5) is 4.39 Å². The lowest BCUT2D eigenvalue weighted by Gasteiger charge is -2.13. The topological polar surface area (TPSA) is 102 Å². The fourth-order valence-corrected chi connectivity index (χ4v) is 2.40. The second-order valence-corrected chi connectivity index (χ2v) is 5.31. The van der Waals surface area contributed by atoms with Crippen molar-refractivity contribution in [2.75, 3.05) is 0 Å². The largest absolute Gasteiger partial charge is 0.350 e. The minimum Gasteiger partial charge on any atom is -0.350 e. The Labute approximate surface area is 131 Å². The molecule has 8 heteroatoms. The third-order valence-electron chi connectivity index (χ3n) is 3.74. The van der Waals surface area contributed by atoms with Gasteiger partial charge in [-0.25, -0.2) is 14.4 Å². The standard InChI is InChI=1S/C15H17FN6O/c1-22-5-4-18-13(22)6-11(17)15(23)19-7-9-10(16)2-3-12-14(9)21-8-20-12/h2-5,8,11H,6-7,17H2,1H3,(H,19,23)(H,20,21). The molecule has 1 atom stereocenters. The van der Waals surface area contributed by atoms with Gasteiger partial charge >= 0.3 is 0 Å². The molecule has 0 saturated heterocycles. The number of nitrogens with one attached hydrogen (secondary N) is 2. The quantitative estimate of drug-likeness (QED) is 0.642. The van der Waals surface area contributed by atoms with Crippen LogP contribution in [0.3, 0.4) is 0 Å². The number of fused-ring (bicyclic) bond motifs is 1. The summed E-state index contributed by atoms with van der Waals surface area (Å²) in [7, 11) is 1.83. The summed E-state index contributed by atoms with van der Waals surface area (Å²) in [6, 6.07) is 2.20. The lowest BCUT2D eigenvalue weighted by molar-refractivity contribution is -0.122. The molecule has 0 bridgehead atoms. The van der Waals surface area contributed by atoms with Gasteiger partial charge in [-0.2, -0.15) is 0 Å². The fourth-order valence-electron chi connectivity index (χ4n) is 2.40. The maximum Gasteiger partial charge on any atom is 0.237 e. The molecule has 2 aromatic heterocycles. The van der Waals surface area contributed by atoms with Gasteiger partial charge in [-0.1, -0.05) is 0 Å². The van der Waals surface area contributed by atoms with E-state index in [9.17, 15) is 9.18 Å². The average molecular weight is 316 g/mol. The Kier molecular flexibility index (Phi) is 4.07. The first kappa shape index (κ1) is 15.2. The molecule has 1 unspecified atom stereocenters. The Balaban J connectivity index is 1.67. The third kappa shape index (κ3) is 3.07. The SMILES string of the molecule is Cn1ccnc1CC(N)C(=O)NCc1c(F)ccc2[nH]cnc12. The van der Waals surface area contributed by atoms with Crippen molar-refractivity contribution in [3.05, 3.63) is 48.1 Å². The zero-order chi connectivity index (χ0) is 16.4. The third-order valence-corrected chi connectivity index (χ3v) is 3.74.